The summed E-state index contributed by atoms with van der Waals surface area (Å²) in [5.74, 6) is 1.13. The monoisotopic (exact) mass is 402 g/mol. The summed E-state index contributed by atoms with van der Waals surface area (Å²) < 4.78 is 7.14. The number of thioether (sulfide) groups is 1. The highest BCUT2D eigenvalue weighted by Crippen LogP contribution is 2.30. The van der Waals surface area contributed by atoms with Crippen molar-refractivity contribution in [3.8, 4) is 17.1 Å². The summed E-state index contributed by atoms with van der Waals surface area (Å²) in [7, 11) is 3.43. The van der Waals surface area contributed by atoms with Crippen molar-refractivity contribution in [3.05, 3.63) is 53.6 Å². The van der Waals surface area contributed by atoms with Crippen molar-refractivity contribution in [2.75, 3.05) is 12.4 Å². The zero-order valence-electron chi connectivity index (χ0n) is 15.1. The number of carbonyl (C=O) groups is 1. The molecule has 140 valence electrons. The first-order valence-corrected chi connectivity index (χ1v) is 9.51. The minimum absolute atomic E-state index is 0.176. The van der Waals surface area contributed by atoms with Gasteiger partial charge in [-0.2, -0.15) is 0 Å². The molecule has 0 aliphatic rings. The molecule has 0 fully saturated rings. The zero-order chi connectivity index (χ0) is 19.4. The fourth-order valence-electron chi connectivity index (χ4n) is 2.48. The highest BCUT2D eigenvalue weighted by molar-refractivity contribution is 8.00. The third-order valence-corrected chi connectivity index (χ3v) is 5.31. The van der Waals surface area contributed by atoms with Crippen LogP contribution in [-0.2, 0) is 11.8 Å². The second kappa shape index (κ2) is 8.45. The third-order valence-electron chi connectivity index (χ3n) is 3.94. The van der Waals surface area contributed by atoms with Crippen LogP contribution in [-0.4, -0.2) is 33.0 Å². The molecule has 1 amide bonds. The molecule has 1 N–H and O–H groups in total. The predicted octanol–water partition coefficient (Wildman–Crippen LogP) is 4.26. The van der Waals surface area contributed by atoms with Crippen molar-refractivity contribution in [3.63, 3.8) is 0 Å². The van der Waals surface area contributed by atoms with Crippen LogP contribution in [0.3, 0.4) is 0 Å². The van der Waals surface area contributed by atoms with Crippen LogP contribution in [0, 0.1) is 0 Å². The number of ether oxygens (including phenoxy) is 1. The lowest BCUT2D eigenvalue weighted by atomic mass is 10.2. The molecule has 1 heterocycles. The van der Waals surface area contributed by atoms with Crippen LogP contribution in [0.25, 0.3) is 11.4 Å². The third kappa shape index (κ3) is 4.43. The fourth-order valence-corrected chi connectivity index (χ4v) is 3.47. The van der Waals surface area contributed by atoms with Gasteiger partial charge in [-0.1, -0.05) is 53.7 Å². The number of methoxy groups -OCH3 is 1. The average Bonchev–Trinajstić information content (AvgIpc) is 3.03. The van der Waals surface area contributed by atoms with Gasteiger partial charge >= 0.3 is 0 Å². The summed E-state index contributed by atoms with van der Waals surface area (Å²) in [6.07, 6.45) is 0. The molecule has 8 heteroatoms. The van der Waals surface area contributed by atoms with Gasteiger partial charge in [-0.3, -0.25) is 4.79 Å². The van der Waals surface area contributed by atoms with Gasteiger partial charge < -0.3 is 14.6 Å². The van der Waals surface area contributed by atoms with E-state index >= 15 is 0 Å². The molecule has 0 saturated heterocycles. The number of rotatable bonds is 6. The lowest BCUT2D eigenvalue weighted by Gasteiger charge is -2.14. The van der Waals surface area contributed by atoms with E-state index in [2.05, 4.69) is 15.5 Å². The van der Waals surface area contributed by atoms with Crippen molar-refractivity contribution in [1.82, 2.24) is 14.8 Å². The number of amides is 1. The number of anilines is 1. The number of nitrogens with one attached hydrogen (secondary N) is 1. The second-order valence-electron chi connectivity index (χ2n) is 5.83. The van der Waals surface area contributed by atoms with Crippen LogP contribution >= 0.6 is 23.4 Å². The largest absolute Gasteiger partial charge is 0.495 e. The van der Waals surface area contributed by atoms with Gasteiger partial charge in [0, 0.05) is 17.6 Å². The first kappa shape index (κ1) is 19.3. The Morgan fingerprint density at radius 1 is 1.22 bits per heavy atom. The molecule has 2 aromatic carbocycles. The quantitative estimate of drug-likeness (QED) is 0.624. The molecule has 0 aliphatic carbocycles. The maximum Gasteiger partial charge on any atom is 0.237 e. The van der Waals surface area contributed by atoms with E-state index in [9.17, 15) is 4.79 Å². The Kier molecular flexibility index (Phi) is 6.03. The maximum atomic E-state index is 12.6. The molecule has 0 unspecified atom stereocenters. The maximum absolute atomic E-state index is 12.6. The van der Waals surface area contributed by atoms with Crippen molar-refractivity contribution in [2.45, 2.75) is 17.3 Å². The van der Waals surface area contributed by atoms with Gasteiger partial charge in [0.25, 0.3) is 0 Å². The summed E-state index contributed by atoms with van der Waals surface area (Å²) in [5, 5.41) is 12.1. The molecule has 0 aliphatic heterocycles. The lowest BCUT2D eigenvalue weighted by molar-refractivity contribution is -0.115. The first-order chi connectivity index (χ1) is 13.0. The summed E-state index contributed by atoms with van der Waals surface area (Å²) in [6.45, 7) is 1.81. The Hall–Kier alpha value is -2.51. The molecule has 27 heavy (non-hydrogen) atoms. The number of carbonyl (C=O) groups excluding carboxylic acids is 1. The number of halogens is 1. The Morgan fingerprint density at radius 3 is 2.67 bits per heavy atom. The van der Waals surface area contributed by atoms with Gasteiger partial charge in [-0.25, -0.2) is 0 Å². The van der Waals surface area contributed by atoms with Crippen molar-refractivity contribution >= 4 is 35.0 Å². The molecule has 0 bridgehead atoms. The van der Waals surface area contributed by atoms with Gasteiger partial charge in [0.2, 0.25) is 5.91 Å². The first-order valence-electron chi connectivity index (χ1n) is 8.25. The average molecular weight is 403 g/mol. The molecule has 0 radical (unpaired) electrons. The van der Waals surface area contributed by atoms with E-state index in [-0.39, 0.29) is 11.2 Å². The van der Waals surface area contributed by atoms with E-state index < -0.39 is 0 Å². The van der Waals surface area contributed by atoms with Crippen molar-refractivity contribution in [2.24, 2.45) is 7.05 Å². The fraction of sp³-hybridized carbons (Fsp3) is 0.211. The molecule has 3 aromatic rings. The highest BCUT2D eigenvalue weighted by atomic mass is 35.5. The van der Waals surface area contributed by atoms with E-state index in [1.54, 1.807) is 25.3 Å². The zero-order valence-corrected chi connectivity index (χ0v) is 16.7. The number of aromatic nitrogens is 3. The van der Waals surface area contributed by atoms with Crippen LogP contribution in [0.15, 0.2) is 53.7 Å². The molecule has 6 nitrogen and oxygen atoms in total. The summed E-state index contributed by atoms with van der Waals surface area (Å²) in [6, 6.07) is 14.9. The van der Waals surface area contributed by atoms with Crippen LogP contribution < -0.4 is 10.1 Å². The molecule has 0 saturated carbocycles. The Labute approximate surface area is 166 Å². The smallest absolute Gasteiger partial charge is 0.237 e. The minimum Gasteiger partial charge on any atom is -0.495 e. The summed E-state index contributed by atoms with van der Waals surface area (Å²) in [4.78, 5) is 12.6. The van der Waals surface area contributed by atoms with Crippen LogP contribution in [0.5, 0.6) is 5.75 Å². The van der Waals surface area contributed by atoms with Crippen LogP contribution in [0.2, 0.25) is 5.02 Å². The van der Waals surface area contributed by atoms with Gasteiger partial charge in [0.15, 0.2) is 11.0 Å². The Bertz CT molecular complexity index is 946. The lowest BCUT2D eigenvalue weighted by Crippen LogP contribution is -2.23. The topological polar surface area (TPSA) is 69.0 Å². The molecule has 3 rings (SSSR count). The predicted molar refractivity (Wildman–Crippen MR) is 108 cm³/mol. The summed E-state index contributed by atoms with van der Waals surface area (Å²) in [5.41, 5.74) is 1.51. The standard InChI is InChI=1S/C19H19ClN4O2S/c1-12(18(25)21-15-11-14(20)9-10-16(15)26-3)27-19-23-22-17(24(19)2)13-7-5-4-6-8-13/h4-12H,1-3H3,(H,21,25)/t12-/m0/s1. The van der Waals surface area contributed by atoms with Crippen LogP contribution in [0.1, 0.15) is 6.92 Å². The molecule has 1 atom stereocenters. The van der Waals surface area contributed by atoms with Gasteiger partial charge in [0.1, 0.15) is 5.75 Å². The van der Waals surface area contributed by atoms with E-state index in [0.717, 1.165) is 11.4 Å². The Morgan fingerprint density at radius 2 is 1.96 bits per heavy atom. The van der Waals surface area contributed by atoms with Crippen LogP contribution in [0.4, 0.5) is 5.69 Å². The van der Waals surface area contributed by atoms with E-state index in [1.165, 1.54) is 11.8 Å². The number of hydrogen-bond donors (Lipinski definition) is 1. The number of nitrogens with zero attached hydrogens (tertiary/aromatic N) is 3. The number of benzene rings is 2. The Balaban J connectivity index is 1.72. The molecule has 0 spiro atoms. The van der Waals surface area contributed by atoms with E-state index in [0.29, 0.717) is 21.6 Å². The van der Waals surface area contributed by atoms with E-state index in [4.69, 9.17) is 16.3 Å². The SMILES string of the molecule is COc1ccc(Cl)cc1NC(=O)[C@H](C)Sc1nnc(-c2ccccc2)n1C. The normalized spacial score (nSPS) is 11.9. The molecular weight excluding hydrogens is 384 g/mol. The van der Waals surface area contributed by atoms with Gasteiger partial charge in [0.05, 0.1) is 18.0 Å². The molecular formula is C19H19ClN4O2S. The van der Waals surface area contributed by atoms with Gasteiger partial charge in [-0.05, 0) is 25.1 Å². The highest BCUT2D eigenvalue weighted by Gasteiger charge is 2.20. The van der Waals surface area contributed by atoms with Crippen molar-refractivity contribution in [1.29, 1.82) is 0 Å². The summed E-state index contributed by atoms with van der Waals surface area (Å²) >= 11 is 7.35. The second-order valence-corrected chi connectivity index (χ2v) is 7.57. The minimum atomic E-state index is -0.389. The molecule has 1 aromatic heterocycles. The van der Waals surface area contributed by atoms with Crippen molar-refractivity contribution < 1.29 is 9.53 Å². The van der Waals surface area contributed by atoms with E-state index in [1.807, 2.05) is 48.9 Å². The number of hydrogen-bond acceptors (Lipinski definition) is 5. The van der Waals surface area contributed by atoms with Gasteiger partial charge in [-0.15, -0.1) is 10.2 Å².